The topological polar surface area (TPSA) is 188 Å². The summed E-state index contributed by atoms with van der Waals surface area (Å²) in [5.41, 5.74) is 6.08. The molecule has 0 saturated heterocycles. The highest BCUT2D eigenvalue weighted by Gasteiger charge is 2.17. The molecule has 6 aromatic rings. The number of azo groups is 3. The standard InChI is InChI=1S/C42H39N7O7S/c1-7-18-56-40-24-38(48-45-35-16-8-28-22-30(11-15-33(28)42(35)50)43-29-9-12-31(54-5)13-10-29)27(4)21-39(40)49-47-37-20-25(2)36(19-26(37)3)46-44-34-17-14-32(55-6)23-41(34)57(51,52)53/h1,8-17,19-24,43,50H,7,18H2,2-6H3,(H,51,52,53). The highest BCUT2D eigenvalue weighted by Crippen LogP contribution is 2.41. The van der Waals surface area contributed by atoms with Crippen LogP contribution in [0.2, 0.25) is 0 Å². The second-order valence-corrected chi connectivity index (χ2v) is 14.2. The minimum absolute atomic E-state index is 0.00309. The van der Waals surface area contributed by atoms with Crippen molar-refractivity contribution in [3.63, 3.8) is 0 Å². The van der Waals surface area contributed by atoms with Gasteiger partial charge in [-0.15, -0.1) is 15.3 Å². The third-order valence-corrected chi connectivity index (χ3v) is 9.64. The van der Waals surface area contributed by atoms with Crippen LogP contribution in [0.25, 0.3) is 10.8 Å². The first-order valence-corrected chi connectivity index (χ1v) is 19.0. The van der Waals surface area contributed by atoms with E-state index in [0.717, 1.165) is 33.6 Å². The fourth-order valence-corrected chi connectivity index (χ4v) is 6.31. The number of benzene rings is 6. The maximum atomic E-state index is 12.0. The number of methoxy groups -OCH3 is 2. The molecular weight excluding hydrogens is 747 g/mol. The van der Waals surface area contributed by atoms with Gasteiger partial charge in [-0.25, -0.2) is 0 Å². The lowest BCUT2D eigenvalue weighted by atomic mass is 10.1. The van der Waals surface area contributed by atoms with Gasteiger partial charge in [-0.1, -0.05) is 6.07 Å². The summed E-state index contributed by atoms with van der Waals surface area (Å²) in [4.78, 5) is -0.429. The summed E-state index contributed by atoms with van der Waals surface area (Å²) in [5, 5.41) is 42.1. The van der Waals surface area contributed by atoms with Crippen LogP contribution in [0.15, 0.2) is 133 Å². The molecule has 0 bridgehead atoms. The van der Waals surface area contributed by atoms with Gasteiger partial charge in [0, 0.05) is 28.9 Å². The Kier molecular flexibility index (Phi) is 12.2. The number of fused-ring (bicyclic) bond motifs is 1. The lowest BCUT2D eigenvalue weighted by Crippen LogP contribution is -1.99. The van der Waals surface area contributed by atoms with Crippen molar-refractivity contribution >= 4 is 66.4 Å². The van der Waals surface area contributed by atoms with E-state index >= 15 is 0 Å². The Bertz CT molecular complexity index is 2650. The molecule has 0 aliphatic rings. The van der Waals surface area contributed by atoms with Gasteiger partial charge in [-0.05, 0) is 135 Å². The number of aromatic hydroxyl groups is 1. The SMILES string of the molecule is [CH]CCOc1cc(N=Nc2ccc3cc(Nc4ccc(OC)cc4)ccc3c2O)c(C)cc1N=Nc1cc(C)c(N=Nc2ccc(OC)cc2S(=O)(=O)O)cc1C. The lowest BCUT2D eigenvalue weighted by molar-refractivity contribution is 0.325. The molecule has 0 fully saturated rings. The number of phenolic OH excluding ortho intramolecular Hbond substituents is 1. The molecule has 2 radical (unpaired) electrons. The molecule has 0 heterocycles. The van der Waals surface area contributed by atoms with E-state index in [9.17, 15) is 18.1 Å². The molecule has 6 rings (SSSR count). The van der Waals surface area contributed by atoms with Crippen molar-refractivity contribution in [1.29, 1.82) is 0 Å². The molecule has 0 aromatic heterocycles. The van der Waals surface area contributed by atoms with E-state index in [1.807, 2.05) is 62.4 Å². The third kappa shape index (κ3) is 9.58. The maximum Gasteiger partial charge on any atom is 0.296 e. The van der Waals surface area contributed by atoms with E-state index in [1.54, 1.807) is 44.4 Å². The van der Waals surface area contributed by atoms with Crippen LogP contribution in [-0.4, -0.2) is 38.9 Å². The number of aryl methyl sites for hydroxylation is 3. The minimum Gasteiger partial charge on any atom is -0.505 e. The first-order chi connectivity index (χ1) is 27.4. The summed E-state index contributed by atoms with van der Waals surface area (Å²) in [7, 11) is -1.58. The van der Waals surface area contributed by atoms with Gasteiger partial charge in [0.05, 0.1) is 37.9 Å². The van der Waals surface area contributed by atoms with E-state index in [0.29, 0.717) is 45.1 Å². The molecule has 0 amide bonds. The molecule has 0 saturated carbocycles. The number of nitrogens with one attached hydrogen (secondary N) is 1. The number of rotatable bonds is 14. The van der Waals surface area contributed by atoms with Crippen molar-refractivity contribution in [3.8, 4) is 23.0 Å². The van der Waals surface area contributed by atoms with Crippen molar-refractivity contribution in [3.05, 3.63) is 121 Å². The highest BCUT2D eigenvalue weighted by molar-refractivity contribution is 7.86. The maximum absolute atomic E-state index is 12.0. The quantitative estimate of drug-likeness (QED) is 0.0718. The Morgan fingerprint density at radius 2 is 1.14 bits per heavy atom. The molecule has 6 aromatic carbocycles. The normalized spacial score (nSPS) is 11.9. The van der Waals surface area contributed by atoms with E-state index in [1.165, 1.54) is 25.3 Å². The van der Waals surface area contributed by atoms with Gasteiger partial charge in [0.25, 0.3) is 10.1 Å². The van der Waals surface area contributed by atoms with Crippen LogP contribution in [0.5, 0.6) is 23.0 Å². The zero-order valence-corrected chi connectivity index (χ0v) is 32.6. The smallest absolute Gasteiger partial charge is 0.296 e. The van der Waals surface area contributed by atoms with Gasteiger partial charge < -0.3 is 24.6 Å². The third-order valence-electron chi connectivity index (χ3n) is 8.76. The average molecular weight is 786 g/mol. The van der Waals surface area contributed by atoms with Crippen LogP contribution in [-0.2, 0) is 10.1 Å². The summed E-state index contributed by atoms with van der Waals surface area (Å²) in [6.07, 6.45) is 0.264. The van der Waals surface area contributed by atoms with E-state index < -0.39 is 15.0 Å². The second-order valence-electron chi connectivity index (χ2n) is 12.8. The second kappa shape index (κ2) is 17.4. The predicted octanol–water partition coefficient (Wildman–Crippen LogP) is 12.2. The Labute approximate surface area is 330 Å². The number of ether oxygens (including phenoxy) is 3. The summed E-state index contributed by atoms with van der Waals surface area (Å²) in [6.45, 7) is 11.4. The summed E-state index contributed by atoms with van der Waals surface area (Å²) in [6, 6.07) is 27.9. The zero-order chi connectivity index (χ0) is 40.7. The fraction of sp³-hybridized carbons (Fsp3) is 0.167. The number of phenols is 1. The zero-order valence-electron chi connectivity index (χ0n) is 31.8. The van der Waals surface area contributed by atoms with Gasteiger partial charge >= 0.3 is 0 Å². The van der Waals surface area contributed by atoms with E-state index in [-0.39, 0.29) is 30.2 Å². The molecule has 57 heavy (non-hydrogen) atoms. The fourth-order valence-electron chi connectivity index (χ4n) is 5.67. The largest absolute Gasteiger partial charge is 0.505 e. The molecule has 0 aliphatic heterocycles. The molecule has 290 valence electrons. The number of nitrogens with zero attached hydrogens (tertiary/aromatic N) is 6. The molecule has 0 unspecified atom stereocenters. The summed E-state index contributed by atoms with van der Waals surface area (Å²) < 4.78 is 49.8. The molecule has 15 heteroatoms. The van der Waals surface area contributed by atoms with Crippen LogP contribution >= 0.6 is 0 Å². The van der Waals surface area contributed by atoms with Gasteiger partial charge in [0.2, 0.25) is 0 Å². The van der Waals surface area contributed by atoms with Crippen LogP contribution < -0.4 is 19.5 Å². The van der Waals surface area contributed by atoms with Crippen LogP contribution in [0, 0.1) is 27.7 Å². The minimum atomic E-state index is -4.58. The molecule has 14 nitrogen and oxygen atoms in total. The summed E-state index contributed by atoms with van der Waals surface area (Å²) >= 11 is 0. The molecular formula is C42H39N7O7S. The molecule has 3 N–H and O–H groups in total. The van der Waals surface area contributed by atoms with Crippen molar-refractivity contribution in [2.75, 3.05) is 26.1 Å². The number of anilines is 2. The van der Waals surface area contributed by atoms with Crippen LogP contribution in [0.1, 0.15) is 23.1 Å². The van der Waals surface area contributed by atoms with Gasteiger partial charge in [0.15, 0.2) is 5.75 Å². The van der Waals surface area contributed by atoms with Crippen molar-refractivity contribution in [2.45, 2.75) is 32.1 Å². The van der Waals surface area contributed by atoms with Crippen molar-refractivity contribution < 1.29 is 32.3 Å². The Morgan fingerprint density at radius 1 is 0.614 bits per heavy atom. The lowest BCUT2D eigenvalue weighted by Gasteiger charge is -2.11. The molecule has 0 spiro atoms. The number of hydrogen-bond donors (Lipinski definition) is 3. The van der Waals surface area contributed by atoms with E-state index in [2.05, 4.69) is 36.0 Å². The summed E-state index contributed by atoms with van der Waals surface area (Å²) in [5.74, 6) is 1.39. The Balaban J connectivity index is 1.22. The van der Waals surface area contributed by atoms with Gasteiger partial charge in [-0.2, -0.15) is 23.8 Å². The number of hydrogen-bond acceptors (Lipinski definition) is 13. The monoisotopic (exact) mass is 785 g/mol. The average Bonchev–Trinajstić information content (AvgIpc) is 3.20. The first kappa shape index (κ1) is 40.0. The Morgan fingerprint density at radius 3 is 1.75 bits per heavy atom. The van der Waals surface area contributed by atoms with Gasteiger partial charge in [-0.3, -0.25) is 4.55 Å². The molecule has 0 aliphatic carbocycles. The van der Waals surface area contributed by atoms with Crippen LogP contribution in [0.3, 0.4) is 0 Å². The predicted molar refractivity (Wildman–Crippen MR) is 219 cm³/mol. The van der Waals surface area contributed by atoms with Crippen molar-refractivity contribution in [2.24, 2.45) is 30.7 Å². The molecule has 0 atom stereocenters. The van der Waals surface area contributed by atoms with Crippen LogP contribution in [0.4, 0.5) is 45.5 Å². The first-order valence-electron chi connectivity index (χ1n) is 17.5. The van der Waals surface area contributed by atoms with E-state index in [4.69, 9.17) is 21.1 Å². The van der Waals surface area contributed by atoms with Gasteiger partial charge in [0.1, 0.15) is 39.2 Å². The highest BCUT2D eigenvalue weighted by atomic mass is 32.2. The Hall–Kier alpha value is -6.71. The van der Waals surface area contributed by atoms with Crippen molar-refractivity contribution in [1.82, 2.24) is 0 Å².